The van der Waals surface area contributed by atoms with Gasteiger partial charge in [-0.1, -0.05) is 42.5 Å². The number of phenols is 1. The molecule has 1 amide bonds. The summed E-state index contributed by atoms with van der Waals surface area (Å²) in [6, 6.07) is 22.8. The summed E-state index contributed by atoms with van der Waals surface area (Å²) in [5.41, 5.74) is 1.65. The molecule has 0 aliphatic carbocycles. The van der Waals surface area contributed by atoms with Crippen LogP contribution in [0.5, 0.6) is 11.5 Å². The molecule has 0 saturated carbocycles. The van der Waals surface area contributed by atoms with Crippen molar-refractivity contribution < 1.29 is 19.4 Å². The largest absolute Gasteiger partial charge is 0.505 e. The fraction of sp³-hybridized carbons (Fsp3) is 0.0769. The summed E-state index contributed by atoms with van der Waals surface area (Å²) >= 11 is 0. The topological polar surface area (TPSA) is 100 Å². The molecule has 7 heteroatoms. The number of para-hydroxylation sites is 1. The number of carbonyl (C=O) groups excluding carboxylic acids is 2. The van der Waals surface area contributed by atoms with Crippen molar-refractivity contribution in [2.75, 3.05) is 12.4 Å². The molecule has 4 aromatic carbocycles. The van der Waals surface area contributed by atoms with Crippen LogP contribution in [0.25, 0.3) is 10.8 Å². The van der Waals surface area contributed by atoms with E-state index in [-0.39, 0.29) is 28.7 Å². The van der Waals surface area contributed by atoms with Gasteiger partial charge in [0, 0.05) is 16.6 Å². The third-order valence-corrected chi connectivity index (χ3v) is 5.10. The Hall–Kier alpha value is -4.52. The number of fused-ring (bicyclic) bond motifs is 1. The van der Waals surface area contributed by atoms with Gasteiger partial charge in [-0.05, 0) is 48.7 Å². The molecule has 0 aliphatic heterocycles. The molecule has 164 valence electrons. The first-order valence-electron chi connectivity index (χ1n) is 10.2. The first-order valence-corrected chi connectivity index (χ1v) is 10.2. The molecule has 0 saturated heterocycles. The monoisotopic (exact) mass is 439 g/mol. The van der Waals surface area contributed by atoms with Crippen molar-refractivity contribution in [3.05, 3.63) is 90.0 Å². The van der Waals surface area contributed by atoms with E-state index < -0.39 is 0 Å². The summed E-state index contributed by atoms with van der Waals surface area (Å²) in [5.74, 6) is -0.442. The first kappa shape index (κ1) is 21.7. The van der Waals surface area contributed by atoms with Crippen LogP contribution < -0.4 is 10.1 Å². The summed E-state index contributed by atoms with van der Waals surface area (Å²) in [6.07, 6.45) is 0. The van der Waals surface area contributed by atoms with Gasteiger partial charge in [-0.3, -0.25) is 9.59 Å². The Labute approximate surface area is 190 Å². The Kier molecular flexibility index (Phi) is 6.13. The number of ether oxygens (including phenoxy) is 1. The summed E-state index contributed by atoms with van der Waals surface area (Å²) in [6.45, 7) is 1.38. The van der Waals surface area contributed by atoms with E-state index in [9.17, 15) is 14.7 Å². The number of nitrogens with zero attached hydrogens (tertiary/aromatic N) is 2. The van der Waals surface area contributed by atoms with Gasteiger partial charge in [0.1, 0.15) is 17.1 Å². The molecule has 7 nitrogen and oxygen atoms in total. The highest BCUT2D eigenvalue weighted by Crippen LogP contribution is 2.40. The molecule has 0 atom stereocenters. The van der Waals surface area contributed by atoms with Crippen LogP contribution in [0, 0.1) is 0 Å². The van der Waals surface area contributed by atoms with Crippen molar-refractivity contribution in [2.24, 2.45) is 10.2 Å². The van der Waals surface area contributed by atoms with Crippen molar-refractivity contribution >= 4 is 39.5 Å². The van der Waals surface area contributed by atoms with Crippen LogP contribution in [0.4, 0.5) is 17.1 Å². The van der Waals surface area contributed by atoms with Crippen LogP contribution in [-0.4, -0.2) is 23.9 Å². The fourth-order valence-electron chi connectivity index (χ4n) is 3.43. The van der Waals surface area contributed by atoms with Crippen molar-refractivity contribution in [1.82, 2.24) is 0 Å². The smallest absolute Gasteiger partial charge is 0.255 e. The summed E-state index contributed by atoms with van der Waals surface area (Å²) in [4.78, 5) is 24.7. The minimum absolute atomic E-state index is 0.158. The SMILES string of the molecule is COc1ccc(C(=O)Nc2ccccc2)cc1/N=N/c1c(O)c(C(C)=O)cc2ccccc12. The van der Waals surface area contributed by atoms with Crippen molar-refractivity contribution in [3.8, 4) is 11.5 Å². The Balaban J connectivity index is 1.74. The number of nitrogens with one attached hydrogen (secondary N) is 1. The number of aromatic hydroxyl groups is 1. The number of carbonyl (C=O) groups is 2. The van der Waals surface area contributed by atoms with Crippen LogP contribution in [-0.2, 0) is 0 Å². The van der Waals surface area contributed by atoms with E-state index in [4.69, 9.17) is 4.74 Å². The van der Waals surface area contributed by atoms with Gasteiger partial charge in [0.2, 0.25) is 0 Å². The number of phenolic OH excluding ortho intramolecular Hbond substituents is 1. The first-order chi connectivity index (χ1) is 16.0. The lowest BCUT2D eigenvalue weighted by atomic mass is 10.0. The van der Waals surface area contributed by atoms with E-state index in [1.54, 1.807) is 42.5 Å². The third-order valence-electron chi connectivity index (χ3n) is 5.10. The number of azo groups is 1. The fourth-order valence-corrected chi connectivity index (χ4v) is 3.43. The summed E-state index contributed by atoms with van der Waals surface area (Å²) in [5, 5.41) is 23.4. The highest BCUT2D eigenvalue weighted by Gasteiger charge is 2.16. The van der Waals surface area contributed by atoms with Crippen LogP contribution >= 0.6 is 0 Å². The van der Waals surface area contributed by atoms with E-state index >= 15 is 0 Å². The highest BCUT2D eigenvalue weighted by molar-refractivity contribution is 6.07. The predicted octanol–water partition coefficient (Wildman–Crippen LogP) is 6.42. The Bertz CT molecular complexity index is 1380. The average Bonchev–Trinajstić information content (AvgIpc) is 2.83. The molecule has 33 heavy (non-hydrogen) atoms. The second kappa shape index (κ2) is 9.32. The maximum absolute atomic E-state index is 12.7. The second-order valence-corrected chi connectivity index (χ2v) is 7.31. The lowest BCUT2D eigenvalue weighted by Gasteiger charge is -2.10. The highest BCUT2D eigenvalue weighted by atomic mass is 16.5. The maximum Gasteiger partial charge on any atom is 0.255 e. The van der Waals surface area contributed by atoms with Crippen molar-refractivity contribution in [2.45, 2.75) is 6.92 Å². The van der Waals surface area contributed by atoms with Crippen LogP contribution in [0.3, 0.4) is 0 Å². The lowest BCUT2D eigenvalue weighted by Crippen LogP contribution is -2.11. The van der Waals surface area contributed by atoms with Crippen LogP contribution in [0.15, 0.2) is 89.1 Å². The normalized spacial score (nSPS) is 11.0. The Morgan fingerprint density at radius 1 is 0.909 bits per heavy atom. The van der Waals surface area contributed by atoms with Gasteiger partial charge in [-0.2, -0.15) is 0 Å². The van der Waals surface area contributed by atoms with Crippen molar-refractivity contribution in [1.29, 1.82) is 0 Å². The predicted molar refractivity (Wildman–Crippen MR) is 127 cm³/mol. The van der Waals surface area contributed by atoms with E-state index in [1.807, 2.05) is 36.4 Å². The zero-order chi connectivity index (χ0) is 23.4. The molecular weight excluding hydrogens is 418 g/mol. The molecule has 0 bridgehead atoms. The number of anilines is 1. The van der Waals surface area contributed by atoms with E-state index in [2.05, 4.69) is 15.5 Å². The van der Waals surface area contributed by atoms with E-state index in [1.165, 1.54) is 14.0 Å². The van der Waals surface area contributed by atoms with Gasteiger partial charge in [0.05, 0.1) is 12.7 Å². The molecule has 4 rings (SSSR count). The number of hydrogen-bond donors (Lipinski definition) is 2. The number of methoxy groups -OCH3 is 1. The van der Waals surface area contributed by atoms with E-state index in [0.717, 1.165) is 5.39 Å². The number of ketones is 1. The third kappa shape index (κ3) is 4.57. The minimum Gasteiger partial charge on any atom is -0.505 e. The van der Waals surface area contributed by atoms with Crippen LogP contribution in [0.1, 0.15) is 27.6 Å². The molecule has 0 unspecified atom stereocenters. The van der Waals surface area contributed by atoms with Gasteiger partial charge in [-0.15, -0.1) is 10.2 Å². The molecule has 0 aliphatic rings. The van der Waals surface area contributed by atoms with Crippen molar-refractivity contribution in [3.63, 3.8) is 0 Å². The maximum atomic E-state index is 12.7. The van der Waals surface area contributed by atoms with Gasteiger partial charge >= 0.3 is 0 Å². The van der Waals surface area contributed by atoms with E-state index in [0.29, 0.717) is 28.1 Å². The zero-order valence-electron chi connectivity index (χ0n) is 18.1. The Morgan fingerprint density at radius 3 is 2.36 bits per heavy atom. The summed E-state index contributed by atoms with van der Waals surface area (Å²) < 4.78 is 5.36. The Morgan fingerprint density at radius 2 is 1.64 bits per heavy atom. The zero-order valence-corrected chi connectivity index (χ0v) is 18.1. The quantitative estimate of drug-likeness (QED) is 0.267. The van der Waals surface area contributed by atoms with Gasteiger partial charge in [0.15, 0.2) is 11.5 Å². The number of Topliss-reactive ketones (excluding diaryl/α,β-unsaturated/α-hetero) is 1. The van der Waals surface area contributed by atoms with Crippen LogP contribution in [0.2, 0.25) is 0 Å². The standard InChI is InChI=1S/C26H21N3O4/c1-16(30)21-14-17-8-6-7-11-20(17)24(25(21)31)29-28-22-15-18(12-13-23(22)33-2)26(32)27-19-9-4-3-5-10-19/h3-15,31H,1-2H3,(H,27,32)/b29-28+. The molecule has 0 spiro atoms. The molecular formula is C26H21N3O4. The molecule has 2 N–H and O–H groups in total. The number of hydrogen-bond acceptors (Lipinski definition) is 6. The number of benzene rings is 4. The molecule has 4 aromatic rings. The second-order valence-electron chi connectivity index (χ2n) is 7.31. The summed E-state index contributed by atoms with van der Waals surface area (Å²) in [7, 11) is 1.49. The number of rotatable bonds is 6. The number of amides is 1. The van der Waals surface area contributed by atoms with Gasteiger partial charge < -0.3 is 15.2 Å². The molecule has 0 fully saturated rings. The molecule has 0 radical (unpaired) electrons. The minimum atomic E-state index is -0.313. The molecule has 0 aromatic heterocycles. The molecule has 0 heterocycles. The van der Waals surface area contributed by atoms with Gasteiger partial charge in [-0.25, -0.2) is 0 Å². The van der Waals surface area contributed by atoms with Gasteiger partial charge in [0.25, 0.3) is 5.91 Å². The lowest BCUT2D eigenvalue weighted by molar-refractivity contribution is 0.101. The average molecular weight is 439 g/mol.